The molecule has 0 saturated carbocycles. The second-order valence-electron chi connectivity index (χ2n) is 5.82. The summed E-state index contributed by atoms with van der Waals surface area (Å²) in [6.45, 7) is 3.81. The van der Waals surface area contributed by atoms with Crippen molar-refractivity contribution in [2.45, 2.75) is 26.3 Å². The van der Waals surface area contributed by atoms with Gasteiger partial charge in [0.2, 0.25) is 0 Å². The number of rotatable bonds is 7. The molecule has 1 aromatic carbocycles. The molecule has 2 atom stereocenters. The molecule has 0 fully saturated rings. The smallest absolute Gasteiger partial charge is 0.321 e. The average Bonchev–Trinajstić information content (AvgIpc) is 2.49. The fraction of sp³-hybridized carbons (Fsp3) is 0.438. The summed E-state index contributed by atoms with van der Waals surface area (Å²) in [5.41, 5.74) is 0.518. The molecule has 0 radical (unpaired) electrons. The van der Waals surface area contributed by atoms with Gasteiger partial charge in [0.15, 0.2) is 13.1 Å². The predicted molar refractivity (Wildman–Crippen MR) is 98.1 cm³/mol. The van der Waals surface area contributed by atoms with Crippen LogP contribution < -0.4 is 20.9 Å². The number of urea groups is 1. The van der Waals surface area contributed by atoms with E-state index in [2.05, 4.69) is 16.0 Å². The van der Waals surface area contributed by atoms with Gasteiger partial charge in [-0.25, -0.2) is 4.79 Å². The minimum absolute atomic E-state index is 0.0112. The van der Waals surface area contributed by atoms with Crippen molar-refractivity contribution in [3.05, 3.63) is 28.2 Å². The lowest BCUT2D eigenvalue weighted by Crippen LogP contribution is -3.11. The quantitative estimate of drug-likeness (QED) is 0.561. The first-order valence-corrected chi connectivity index (χ1v) is 8.63. The number of carbonyl (C=O) groups is 3. The van der Waals surface area contributed by atoms with Gasteiger partial charge in [-0.05, 0) is 31.5 Å². The van der Waals surface area contributed by atoms with E-state index in [0.717, 1.165) is 6.42 Å². The van der Waals surface area contributed by atoms with Crippen molar-refractivity contribution in [1.82, 2.24) is 10.6 Å². The summed E-state index contributed by atoms with van der Waals surface area (Å²) in [5, 5.41) is 8.29. The molecule has 0 heterocycles. The number of imide groups is 1. The molecule has 4 amide bonds. The highest BCUT2D eigenvalue weighted by atomic mass is 35.5. The Kier molecular flexibility index (Phi) is 8.68. The Labute approximate surface area is 157 Å². The molecule has 1 aromatic rings. The lowest BCUT2D eigenvalue weighted by atomic mass is 10.3. The van der Waals surface area contributed by atoms with Gasteiger partial charge in [0.05, 0.1) is 17.1 Å². The fourth-order valence-corrected chi connectivity index (χ4v) is 2.22. The Morgan fingerprint density at radius 1 is 1.12 bits per heavy atom. The minimum Gasteiger partial charge on any atom is -0.335 e. The number of hydrogen-bond donors (Lipinski definition) is 4. The van der Waals surface area contributed by atoms with Crippen LogP contribution in [0.1, 0.15) is 20.3 Å². The molecule has 0 aliphatic rings. The Hall–Kier alpha value is -1.83. The van der Waals surface area contributed by atoms with Gasteiger partial charge < -0.3 is 15.5 Å². The number of benzene rings is 1. The largest absolute Gasteiger partial charge is 0.335 e. The van der Waals surface area contributed by atoms with Crippen LogP contribution in [-0.4, -0.2) is 44.0 Å². The van der Waals surface area contributed by atoms with E-state index in [-0.39, 0.29) is 25.0 Å². The molecule has 0 aliphatic heterocycles. The topological polar surface area (TPSA) is 91.7 Å². The number of quaternary nitrogens is 1. The third kappa shape index (κ3) is 8.20. The molecule has 0 bridgehead atoms. The van der Waals surface area contributed by atoms with E-state index < -0.39 is 11.9 Å². The van der Waals surface area contributed by atoms with Crippen LogP contribution in [0.15, 0.2) is 18.2 Å². The lowest BCUT2D eigenvalue weighted by Gasteiger charge is -2.15. The maximum Gasteiger partial charge on any atom is 0.321 e. The van der Waals surface area contributed by atoms with E-state index in [4.69, 9.17) is 23.2 Å². The van der Waals surface area contributed by atoms with E-state index in [1.807, 2.05) is 13.8 Å². The van der Waals surface area contributed by atoms with Gasteiger partial charge in [0.25, 0.3) is 11.8 Å². The number of amides is 4. The van der Waals surface area contributed by atoms with Crippen LogP contribution in [-0.2, 0) is 9.59 Å². The molecule has 138 valence electrons. The molecule has 0 saturated heterocycles. The lowest BCUT2D eigenvalue weighted by molar-refractivity contribution is -0.862. The Morgan fingerprint density at radius 3 is 2.36 bits per heavy atom. The number of halogens is 2. The Morgan fingerprint density at radius 2 is 1.76 bits per heavy atom. The van der Waals surface area contributed by atoms with Crippen molar-refractivity contribution < 1.29 is 19.3 Å². The number of likely N-dealkylation sites (N-methyl/N-ethyl adjacent to an activating group) is 1. The summed E-state index contributed by atoms with van der Waals surface area (Å²) in [6.07, 6.45) is 0.766. The molecule has 0 aromatic heterocycles. The van der Waals surface area contributed by atoms with Crippen molar-refractivity contribution in [3.8, 4) is 0 Å². The second kappa shape index (κ2) is 10.2. The van der Waals surface area contributed by atoms with Crippen molar-refractivity contribution >= 4 is 46.7 Å². The van der Waals surface area contributed by atoms with Gasteiger partial charge in [0, 0.05) is 11.7 Å². The first-order valence-electron chi connectivity index (χ1n) is 7.87. The number of nitrogens with one attached hydrogen (secondary N) is 4. The maximum absolute atomic E-state index is 12.0. The van der Waals surface area contributed by atoms with Crippen LogP contribution in [0.3, 0.4) is 0 Å². The summed E-state index contributed by atoms with van der Waals surface area (Å²) in [7, 11) is 1.68. The molecule has 0 spiro atoms. The summed E-state index contributed by atoms with van der Waals surface area (Å²) in [5.74, 6) is -0.742. The third-order valence-electron chi connectivity index (χ3n) is 3.37. The van der Waals surface area contributed by atoms with Crippen LogP contribution in [0.25, 0.3) is 0 Å². The normalized spacial score (nSPS) is 12.8. The molecule has 7 nitrogen and oxygen atoms in total. The molecule has 1 rings (SSSR count). The van der Waals surface area contributed by atoms with Crippen molar-refractivity contribution in [2.24, 2.45) is 0 Å². The van der Waals surface area contributed by atoms with Gasteiger partial charge in [-0.2, -0.15) is 0 Å². The molecular weight excluding hydrogens is 367 g/mol. The Balaban J connectivity index is 2.40. The molecular formula is C16H23Cl2N4O3+. The van der Waals surface area contributed by atoms with Crippen molar-refractivity contribution in [2.75, 3.05) is 25.5 Å². The van der Waals surface area contributed by atoms with Crippen LogP contribution in [0, 0.1) is 0 Å². The van der Waals surface area contributed by atoms with E-state index in [9.17, 15) is 14.4 Å². The number of hydrogen-bond acceptors (Lipinski definition) is 3. The maximum atomic E-state index is 12.0. The van der Waals surface area contributed by atoms with Crippen molar-refractivity contribution in [1.29, 1.82) is 0 Å². The second-order valence-corrected chi connectivity index (χ2v) is 6.63. The van der Waals surface area contributed by atoms with E-state index in [0.29, 0.717) is 20.6 Å². The fourth-order valence-electron chi connectivity index (χ4n) is 1.92. The zero-order chi connectivity index (χ0) is 19.0. The summed E-state index contributed by atoms with van der Waals surface area (Å²) >= 11 is 11.7. The first kappa shape index (κ1) is 21.2. The van der Waals surface area contributed by atoms with E-state index in [1.165, 1.54) is 0 Å². The zero-order valence-electron chi connectivity index (χ0n) is 14.4. The standard InChI is InChI=1S/C16H22Cl2N4O3/c1-4-10(2)19-16(25)21-15(24)9-22(3)8-14(23)20-11-5-6-12(17)13(18)7-11/h5-7,10H,4,8-9H2,1-3H3,(H,20,23)(H2,19,21,24,25)/p+1/t10-/m0/s1. The van der Waals surface area contributed by atoms with E-state index in [1.54, 1.807) is 25.2 Å². The van der Waals surface area contributed by atoms with Gasteiger partial charge in [-0.15, -0.1) is 0 Å². The summed E-state index contributed by atoms with van der Waals surface area (Å²) in [6, 6.07) is 4.21. The highest BCUT2D eigenvalue weighted by Crippen LogP contribution is 2.24. The number of anilines is 1. The van der Waals surface area contributed by atoms with Crippen LogP contribution in [0.4, 0.5) is 10.5 Å². The van der Waals surface area contributed by atoms with Crippen LogP contribution in [0.5, 0.6) is 0 Å². The molecule has 25 heavy (non-hydrogen) atoms. The number of carbonyl (C=O) groups excluding carboxylic acids is 3. The van der Waals surface area contributed by atoms with Crippen LogP contribution >= 0.6 is 23.2 Å². The SMILES string of the molecule is CC[C@H](C)NC(=O)NC(=O)C[NH+](C)CC(=O)Nc1ccc(Cl)c(Cl)c1. The predicted octanol–water partition coefficient (Wildman–Crippen LogP) is 1.07. The molecule has 1 unspecified atom stereocenters. The summed E-state index contributed by atoms with van der Waals surface area (Å²) < 4.78 is 0. The van der Waals surface area contributed by atoms with Crippen molar-refractivity contribution in [3.63, 3.8) is 0 Å². The van der Waals surface area contributed by atoms with Crippen LogP contribution in [0.2, 0.25) is 10.0 Å². The molecule has 4 N–H and O–H groups in total. The highest BCUT2D eigenvalue weighted by molar-refractivity contribution is 6.42. The third-order valence-corrected chi connectivity index (χ3v) is 4.11. The Bertz CT molecular complexity index is 640. The molecule has 9 heteroatoms. The zero-order valence-corrected chi connectivity index (χ0v) is 15.9. The highest BCUT2D eigenvalue weighted by Gasteiger charge is 2.17. The first-order chi connectivity index (χ1) is 11.7. The minimum atomic E-state index is -0.535. The van der Waals surface area contributed by atoms with Gasteiger partial charge in [-0.1, -0.05) is 30.1 Å². The van der Waals surface area contributed by atoms with Gasteiger partial charge in [0.1, 0.15) is 0 Å². The van der Waals surface area contributed by atoms with Gasteiger partial charge >= 0.3 is 6.03 Å². The molecule has 0 aliphatic carbocycles. The van der Waals surface area contributed by atoms with E-state index >= 15 is 0 Å². The summed E-state index contributed by atoms with van der Waals surface area (Å²) in [4.78, 5) is 36.0. The average molecular weight is 390 g/mol. The van der Waals surface area contributed by atoms with Gasteiger partial charge in [-0.3, -0.25) is 14.9 Å². The monoisotopic (exact) mass is 389 g/mol.